The average Bonchev–Trinajstić information content (AvgIpc) is 2.87. The number of aromatic nitrogens is 2. The van der Waals surface area contributed by atoms with E-state index in [-0.39, 0.29) is 5.69 Å². The van der Waals surface area contributed by atoms with Crippen LogP contribution in [-0.4, -0.2) is 20.9 Å². The van der Waals surface area contributed by atoms with Crippen molar-refractivity contribution in [2.24, 2.45) is 5.73 Å². The second kappa shape index (κ2) is 5.81. The predicted molar refractivity (Wildman–Crippen MR) is 89.5 cm³/mol. The number of nitrogens with zero attached hydrogens (tertiary/aromatic N) is 3. The lowest BCUT2D eigenvalue weighted by Gasteiger charge is -2.08. The maximum atomic E-state index is 11.1. The van der Waals surface area contributed by atoms with Crippen molar-refractivity contribution in [3.05, 3.63) is 63.5 Å². The molecular formula is C17H18N4O2. The van der Waals surface area contributed by atoms with E-state index in [0.29, 0.717) is 18.6 Å². The number of pyridine rings is 1. The first-order valence-electron chi connectivity index (χ1n) is 7.44. The van der Waals surface area contributed by atoms with Gasteiger partial charge in [-0.05, 0) is 43.7 Å². The van der Waals surface area contributed by atoms with Crippen LogP contribution in [0.2, 0.25) is 0 Å². The lowest BCUT2D eigenvalue weighted by molar-refractivity contribution is -0.385. The maximum Gasteiger partial charge on any atom is 0.286 e. The number of rotatable bonds is 4. The molecule has 23 heavy (non-hydrogen) atoms. The summed E-state index contributed by atoms with van der Waals surface area (Å²) in [6.45, 7) is 4.58. The number of fused-ring (bicyclic) bond motifs is 1. The molecule has 0 saturated carbocycles. The molecule has 0 atom stereocenters. The van der Waals surface area contributed by atoms with Gasteiger partial charge in [0.2, 0.25) is 0 Å². The average molecular weight is 310 g/mol. The Balaban J connectivity index is 2.29. The summed E-state index contributed by atoms with van der Waals surface area (Å²) < 4.78 is 1.78. The summed E-state index contributed by atoms with van der Waals surface area (Å²) in [6.07, 6.45) is 2.14. The van der Waals surface area contributed by atoms with Crippen LogP contribution >= 0.6 is 0 Å². The molecule has 3 aromatic rings. The molecule has 0 amide bonds. The van der Waals surface area contributed by atoms with Crippen LogP contribution in [0.4, 0.5) is 5.69 Å². The van der Waals surface area contributed by atoms with Crippen LogP contribution < -0.4 is 5.73 Å². The highest BCUT2D eigenvalue weighted by molar-refractivity contribution is 5.69. The molecule has 0 unspecified atom stereocenters. The Morgan fingerprint density at radius 2 is 2.00 bits per heavy atom. The summed E-state index contributed by atoms with van der Waals surface area (Å²) in [5.41, 5.74) is 11.5. The van der Waals surface area contributed by atoms with E-state index in [1.807, 2.05) is 19.1 Å². The number of nitrogens with two attached hydrogens (primary N) is 1. The second-order valence-electron chi connectivity index (χ2n) is 5.62. The quantitative estimate of drug-likeness (QED) is 0.593. The van der Waals surface area contributed by atoms with Gasteiger partial charge in [0.25, 0.3) is 5.69 Å². The second-order valence-corrected chi connectivity index (χ2v) is 5.62. The van der Waals surface area contributed by atoms with Crippen LogP contribution in [0.15, 0.2) is 36.5 Å². The van der Waals surface area contributed by atoms with E-state index in [2.05, 4.69) is 18.0 Å². The highest BCUT2D eigenvalue weighted by Crippen LogP contribution is 2.28. The Morgan fingerprint density at radius 1 is 1.22 bits per heavy atom. The summed E-state index contributed by atoms with van der Waals surface area (Å²) in [7, 11) is 0. The number of aryl methyl sites for hydroxylation is 2. The Hall–Kier alpha value is -2.73. The molecule has 6 nitrogen and oxygen atoms in total. The minimum absolute atomic E-state index is 0.0410. The SMILES string of the molecule is Cc1ccc(-c2c(CCN)nc3ccc([N+](=O)[O-])cn23)cc1C. The first-order chi connectivity index (χ1) is 11.0. The molecule has 0 spiro atoms. The summed E-state index contributed by atoms with van der Waals surface area (Å²) in [6, 6.07) is 9.29. The molecule has 0 aliphatic rings. The van der Waals surface area contributed by atoms with Crippen LogP contribution in [0.1, 0.15) is 16.8 Å². The van der Waals surface area contributed by atoms with Gasteiger partial charge in [0.05, 0.1) is 22.5 Å². The van der Waals surface area contributed by atoms with E-state index in [0.717, 1.165) is 17.0 Å². The minimum atomic E-state index is -0.397. The van der Waals surface area contributed by atoms with E-state index in [1.165, 1.54) is 23.4 Å². The summed E-state index contributed by atoms with van der Waals surface area (Å²) in [4.78, 5) is 15.3. The number of hydrogen-bond donors (Lipinski definition) is 1. The molecule has 2 aromatic heterocycles. The topological polar surface area (TPSA) is 86.5 Å². The Bertz CT molecular complexity index is 899. The molecule has 0 saturated heterocycles. The monoisotopic (exact) mass is 310 g/mol. The van der Waals surface area contributed by atoms with Crippen LogP contribution in [0.3, 0.4) is 0 Å². The zero-order valence-electron chi connectivity index (χ0n) is 13.1. The van der Waals surface area contributed by atoms with Gasteiger partial charge >= 0.3 is 0 Å². The molecule has 0 bridgehead atoms. The van der Waals surface area contributed by atoms with Gasteiger partial charge in [0.1, 0.15) is 5.65 Å². The molecule has 3 rings (SSSR count). The largest absolute Gasteiger partial charge is 0.330 e. The molecule has 0 aliphatic carbocycles. The third-order valence-corrected chi connectivity index (χ3v) is 4.05. The first kappa shape index (κ1) is 15.2. The van der Waals surface area contributed by atoms with Gasteiger partial charge < -0.3 is 5.73 Å². The smallest absolute Gasteiger partial charge is 0.286 e. The summed E-state index contributed by atoms with van der Waals surface area (Å²) in [5.74, 6) is 0. The van der Waals surface area contributed by atoms with Gasteiger partial charge in [0, 0.05) is 18.1 Å². The molecular weight excluding hydrogens is 292 g/mol. The Morgan fingerprint density at radius 3 is 2.65 bits per heavy atom. The van der Waals surface area contributed by atoms with Crippen molar-refractivity contribution >= 4 is 11.3 Å². The molecule has 118 valence electrons. The van der Waals surface area contributed by atoms with E-state index >= 15 is 0 Å². The fourth-order valence-corrected chi connectivity index (χ4v) is 2.70. The molecule has 0 aliphatic heterocycles. The van der Waals surface area contributed by atoms with Gasteiger partial charge in [-0.2, -0.15) is 0 Å². The van der Waals surface area contributed by atoms with E-state index in [9.17, 15) is 10.1 Å². The van der Waals surface area contributed by atoms with Crippen LogP contribution in [0, 0.1) is 24.0 Å². The van der Waals surface area contributed by atoms with Gasteiger partial charge in [-0.25, -0.2) is 4.98 Å². The van der Waals surface area contributed by atoms with Crippen molar-refractivity contribution < 1.29 is 4.92 Å². The molecule has 2 N–H and O–H groups in total. The van der Waals surface area contributed by atoms with Crippen LogP contribution in [0.5, 0.6) is 0 Å². The Labute approximate surface area is 133 Å². The van der Waals surface area contributed by atoms with Gasteiger partial charge in [-0.1, -0.05) is 12.1 Å². The van der Waals surface area contributed by atoms with Gasteiger partial charge in [-0.15, -0.1) is 0 Å². The number of nitro groups is 1. The number of imidazole rings is 1. The highest BCUT2D eigenvalue weighted by atomic mass is 16.6. The lowest BCUT2D eigenvalue weighted by atomic mass is 10.0. The van der Waals surface area contributed by atoms with E-state index in [4.69, 9.17) is 5.73 Å². The van der Waals surface area contributed by atoms with Crippen molar-refractivity contribution in [2.75, 3.05) is 6.54 Å². The standard InChI is InChI=1S/C17H18N4O2/c1-11-3-4-13(9-12(11)2)17-15(7-8-18)19-16-6-5-14(21(22)23)10-20(16)17/h3-6,9-10H,7-8,18H2,1-2H3. The van der Waals surface area contributed by atoms with Gasteiger partial charge in [-0.3, -0.25) is 14.5 Å². The molecule has 0 radical (unpaired) electrons. The zero-order chi connectivity index (χ0) is 16.6. The first-order valence-corrected chi connectivity index (χ1v) is 7.44. The maximum absolute atomic E-state index is 11.1. The highest BCUT2D eigenvalue weighted by Gasteiger charge is 2.17. The van der Waals surface area contributed by atoms with Gasteiger partial charge in [0.15, 0.2) is 0 Å². The fourth-order valence-electron chi connectivity index (χ4n) is 2.70. The lowest BCUT2D eigenvalue weighted by Crippen LogP contribution is -2.04. The predicted octanol–water partition coefficient (Wildman–Crippen LogP) is 3.03. The minimum Gasteiger partial charge on any atom is -0.330 e. The van der Waals surface area contributed by atoms with Crippen LogP contribution in [-0.2, 0) is 6.42 Å². The molecule has 0 fully saturated rings. The van der Waals surface area contributed by atoms with E-state index < -0.39 is 4.92 Å². The fraction of sp³-hybridized carbons (Fsp3) is 0.235. The van der Waals surface area contributed by atoms with Crippen molar-refractivity contribution in [2.45, 2.75) is 20.3 Å². The zero-order valence-corrected chi connectivity index (χ0v) is 13.1. The summed E-state index contributed by atoms with van der Waals surface area (Å²) >= 11 is 0. The van der Waals surface area contributed by atoms with Crippen molar-refractivity contribution in [3.8, 4) is 11.3 Å². The van der Waals surface area contributed by atoms with Crippen LogP contribution in [0.25, 0.3) is 16.9 Å². The number of benzene rings is 1. The normalized spacial score (nSPS) is 11.1. The van der Waals surface area contributed by atoms with Crippen molar-refractivity contribution in [1.82, 2.24) is 9.38 Å². The molecule has 6 heteroatoms. The van der Waals surface area contributed by atoms with E-state index in [1.54, 1.807) is 10.5 Å². The third kappa shape index (κ3) is 2.68. The third-order valence-electron chi connectivity index (χ3n) is 4.05. The molecule has 1 aromatic carbocycles. The summed E-state index contributed by atoms with van der Waals surface area (Å²) in [5, 5.41) is 11.1. The van der Waals surface area contributed by atoms with Crippen molar-refractivity contribution in [3.63, 3.8) is 0 Å². The molecule has 2 heterocycles. The number of hydrogen-bond acceptors (Lipinski definition) is 4. The Kier molecular flexibility index (Phi) is 3.83. The van der Waals surface area contributed by atoms with Crippen molar-refractivity contribution in [1.29, 1.82) is 0 Å².